The van der Waals surface area contributed by atoms with Crippen LogP contribution >= 0.6 is 11.8 Å². The smallest absolute Gasteiger partial charge is 0.302 e. The molecule has 0 fully saturated rings. The van der Waals surface area contributed by atoms with Crippen molar-refractivity contribution in [1.82, 2.24) is 4.98 Å². The van der Waals surface area contributed by atoms with Crippen LogP contribution in [0.15, 0.2) is 52.8 Å². The lowest BCUT2D eigenvalue weighted by Gasteiger charge is -2.04. The molecule has 1 heterocycles. The Hall–Kier alpha value is -2.61. The van der Waals surface area contributed by atoms with Gasteiger partial charge in [0.25, 0.3) is 0 Å². The van der Waals surface area contributed by atoms with Crippen molar-refractivity contribution in [2.45, 2.75) is 10.8 Å². The van der Waals surface area contributed by atoms with Gasteiger partial charge in [0.05, 0.1) is 4.92 Å². The Morgan fingerprint density at radius 2 is 2.14 bits per heavy atom. The highest BCUT2D eigenvalue weighted by Gasteiger charge is 2.18. The Morgan fingerprint density at radius 1 is 1.43 bits per heavy atom. The number of rotatable bonds is 5. The van der Waals surface area contributed by atoms with Crippen molar-refractivity contribution < 1.29 is 10.1 Å². The molecule has 0 atom stereocenters. The Bertz CT molecular complexity index is 676. The van der Waals surface area contributed by atoms with Crippen molar-refractivity contribution in [2.24, 2.45) is 10.9 Å². The number of nitrogens with two attached hydrogens (primary N) is 1. The van der Waals surface area contributed by atoms with Gasteiger partial charge in [0.15, 0.2) is 10.9 Å². The summed E-state index contributed by atoms with van der Waals surface area (Å²) in [7, 11) is 0. The van der Waals surface area contributed by atoms with Crippen LogP contribution in [0.1, 0.15) is 11.1 Å². The lowest BCUT2D eigenvalue weighted by atomic mass is 10.2. The third kappa shape index (κ3) is 3.69. The van der Waals surface area contributed by atoms with Gasteiger partial charge in [-0.3, -0.25) is 10.1 Å². The highest BCUT2D eigenvalue weighted by Crippen LogP contribution is 2.30. The summed E-state index contributed by atoms with van der Waals surface area (Å²) in [6.45, 7) is 0. The van der Waals surface area contributed by atoms with E-state index in [-0.39, 0.29) is 17.1 Å². The van der Waals surface area contributed by atoms with Gasteiger partial charge in [0, 0.05) is 23.6 Å². The summed E-state index contributed by atoms with van der Waals surface area (Å²) < 4.78 is 0. The Balaban J connectivity index is 2.25. The summed E-state index contributed by atoms with van der Waals surface area (Å²) in [5.74, 6) is 0.350. The first kappa shape index (κ1) is 14.8. The Labute approximate surface area is 124 Å². The predicted molar refractivity (Wildman–Crippen MR) is 79.4 cm³/mol. The maximum atomic E-state index is 11.1. The van der Waals surface area contributed by atoms with Gasteiger partial charge in [-0.2, -0.15) is 0 Å². The molecule has 0 aliphatic rings. The second-order valence-corrected chi connectivity index (χ2v) is 5.03. The van der Waals surface area contributed by atoms with Crippen LogP contribution < -0.4 is 5.73 Å². The average molecular weight is 304 g/mol. The lowest BCUT2D eigenvalue weighted by molar-refractivity contribution is -0.388. The van der Waals surface area contributed by atoms with E-state index in [0.29, 0.717) is 10.8 Å². The van der Waals surface area contributed by atoms with Crippen LogP contribution in [0.5, 0.6) is 0 Å². The first-order valence-electron chi connectivity index (χ1n) is 5.91. The fraction of sp³-hybridized carbons (Fsp3) is 0.0769. The number of pyridine rings is 1. The molecule has 21 heavy (non-hydrogen) atoms. The zero-order chi connectivity index (χ0) is 15.2. The number of hydrogen-bond acceptors (Lipinski definition) is 6. The van der Waals surface area contributed by atoms with Crippen molar-refractivity contribution in [3.8, 4) is 0 Å². The van der Waals surface area contributed by atoms with Gasteiger partial charge in [0.2, 0.25) is 0 Å². The molecule has 0 amide bonds. The van der Waals surface area contributed by atoms with E-state index in [2.05, 4.69) is 10.1 Å². The van der Waals surface area contributed by atoms with E-state index in [9.17, 15) is 10.1 Å². The van der Waals surface area contributed by atoms with Crippen LogP contribution in [0, 0.1) is 10.1 Å². The van der Waals surface area contributed by atoms with Gasteiger partial charge >= 0.3 is 5.69 Å². The molecule has 8 heteroatoms. The van der Waals surface area contributed by atoms with E-state index < -0.39 is 4.92 Å². The zero-order valence-corrected chi connectivity index (χ0v) is 11.7. The highest BCUT2D eigenvalue weighted by molar-refractivity contribution is 7.98. The van der Waals surface area contributed by atoms with E-state index in [1.54, 1.807) is 0 Å². The summed E-state index contributed by atoms with van der Waals surface area (Å²) in [5, 5.41) is 22.8. The minimum atomic E-state index is -0.533. The number of oxime groups is 1. The fourth-order valence-electron chi connectivity index (χ4n) is 1.61. The van der Waals surface area contributed by atoms with E-state index in [4.69, 9.17) is 10.9 Å². The van der Waals surface area contributed by atoms with Gasteiger partial charge in [-0.25, -0.2) is 4.98 Å². The van der Waals surface area contributed by atoms with Crippen molar-refractivity contribution in [3.63, 3.8) is 0 Å². The van der Waals surface area contributed by atoms with Gasteiger partial charge in [-0.15, -0.1) is 0 Å². The monoisotopic (exact) mass is 304 g/mol. The summed E-state index contributed by atoms with van der Waals surface area (Å²) in [4.78, 5) is 14.6. The molecule has 0 saturated heterocycles. The van der Waals surface area contributed by atoms with Crippen LogP contribution in [-0.4, -0.2) is 21.0 Å². The van der Waals surface area contributed by atoms with E-state index in [1.165, 1.54) is 24.0 Å². The molecular weight excluding hydrogens is 292 g/mol. The minimum absolute atomic E-state index is 0.167. The van der Waals surface area contributed by atoms with E-state index in [1.807, 2.05) is 30.3 Å². The first-order valence-corrected chi connectivity index (χ1v) is 6.89. The minimum Gasteiger partial charge on any atom is -0.409 e. The topological polar surface area (TPSA) is 115 Å². The molecule has 0 aliphatic carbocycles. The Morgan fingerprint density at radius 3 is 2.76 bits per heavy atom. The van der Waals surface area contributed by atoms with Crippen LogP contribution in [0.25, 0.3) is 0 Å². The van der Waals surface area contributed by atoms with Crippen molar-refractivity contribution in [1.29, 1.82) is 0 Å². The largest absolute Gasteiger partial charge is 0.409 e. The summed E-state index contributed by atoms with van der Waals surface area (Å²) >= 11 is 1.26. The molecular formula is C13H12N4O3S. The molecule has 3 N–H and O–H groups in total. The maximum absolute atomic E-state index is 11.1. The molecule has 0 radical (unpaired) electrons. The van der Waals surface area contributed by atoms with E-state index >= 15 is 0 Å². The van der Waals surface area contributed by atoms with Crippen molar-refractivity contribution >= 4 is 23.3 Å². The van der Waals surface area contributed by atoms with Gasteiger partial charge in [0.1, 0.15) is 0 Å². The number of nitrogens with zero attached hydrogens (tertiary/aromatic N) is 3. The van der Waals surface area contributed by atoms with Gasteiger partial charge < -0.3 is 10.9 Å². The molecule has 1 aromatic heterocycles. The first-order chi connectivity index (χ1) is 10.1. The molecule has 7 nitrogen and oxygen atoms in total. The number of thioether (sulfide) groups is 1. The molecule has 0 saturated carbocycles. The normalized spacial score (nSPS) is 11.3. The van der Waals surface area contributed by atoms with Crippen LogP contribution in [0.4, 0.5) is 5.69 Å². The van der Waals surface area contributed by atoms with Gasteiger partial charge in [-0.05, 0) is 5.56 Å². The molecule has 0 aliphatic heterocycles. The summed E-state index contributed by atoms with van der Waals surface area (Å²) in [5.41, 5.74) is 6.49. The molecule has 108 valence electrons. The highest BCUT2D eigenvalue weighted by atomic mass is 32.2. The number of nitro groups is 1. The van der Waals surface area contributed by atoms with Crippen molar-refractivity contribution in [3.05, 3.63) is 63.8 Å². The Kier molecular flexibility index (Phi) is 4.72. The predicted octanol–water partition coefficient (Wildman–Crippen LogP) is 2.38. The summed E-state index contributed by atoms with van der Waals surface area (Å²) in [6.07, 6.45) is 1.34. The van der Waals surface area contributed by atoms with Crippen molar-refractivity contribution in [2.75, 3.05) is 0 Å². The number of aromatic nitrogens is 1. The van der Waals surface area contributed by atoms with E-state index in [0.717, 1.165) is 5.56 Å². The molecule has 2 aromatic rings. The molecule has 0 unspecified atom stereocenters. The van der Waals surface area contributed by atoms with Crippen LogP contribution in [-0.2, 0) is 5.75 Å². The number of hydrogen-bond donors (Lipinski definition) is 2. The second kappa shape index (κ2) is 6.71. The molecule has 2 rings (SSSR count). The fourth-order valence-corrected chi connectivity index (χ4v) is 2.51. The second-order valence-electron chi connectivity index (χ2n) is 4.06. The molecule has 0 spiro atoms. The molecule has 1 aromatic carbocycles. The van der Waals surface area contributed by atoms with Gasteiger partial charge in [-0.1, -0.05) is 47.2 Å². The number of amidine groups is 1. The SMILES string of the molecule is N/C(=N/O)c1cnc(SCc2ccccc2)c([N+](=O)[O-])c1. The quantitative estimate of drug-likeness (QED) is 0.219. The third-order valence-corrected chi connectivity index (χ3v) is 3.72. The standard InChI is InChI=1S/C13H12N4O3S/c14-12(16-18)10-6-11(17(19)20)13(15-7-10)21-8-9-4-2-1-3-5-9/h1-7,18H,8H2,(H2,14,16). The third-order valence-electron chi connectivity index (χ3n) is 2.65. The maximum Gasteiger partial charge on any atom is 0.302 e. The summed E-state index contributed by atoms with van der Waals surface area (Å²) in [6, 6.07) is 10.8. The van der Waals surface area contributed by atoms with Crippen LogP contribution in [0.3, 0.4) is 0 Å². The average Bonchev–Trinajstić information content (AvgIpc) is 2.52. The molecule has 0 bridgehead atoms. The number of benzene rings is 1. The lowest BCUT2D eigenvalue weighted by Crippen LogP contribution is -2.14. The van der Waals surface area contributed by atoms with Crippen LogP contribution in [0.2, 0.25) is 0 Å². The zero-order valence-electron chi connectivity index (χ0n) is 10.8.